The average molecular weight is 375 g/mol. The predicted molar refractivity (Wildman–Crippen MR) is 94.9 cm³/mol. The number of aromatic nitrogens is 2. The molecule has 0 atom stereocenters. The molecular weight excluding hydrogens is 360 g/mol. The van der Waals surface area contributed by atoms with Crippen molar-refractivity contribution in [3.8, 4) is 11.5 Å². The molecule has 0 fully saturated rings. The quantitative estimate of drug-likeness (QED) is 0.671. The minimum absolute atomic E-state index is 0.123. The molecule has 0 bridgehead atoms. The fraction of sp³-hybridized carbons (Fsp3) is 0.167. The van der Waals surface area contributed by atoms with Gasteiger partial charge in [0.05, 0.1) is 5.75 Å². The number of rotatable bonds is 5. The van der Waals surface area contributed by atoms with Gasteiger partial charge in [0.2, 0.25) is 11.8 Å². The molecule has 1 heterocycles. The molecule has 3 rings (SSSR count). The van der Waals surface area contributed by atoms with E-state index in [1.165, 1.54) is 6.07 Å². The maximum absolute atomic E-state index is 13.5. The normalized spacial score (nSPS) is 10.8. The molecule has 0 aliphatic rings. The highest BCUT2D eigenvalue weighted by molar-refractivity contribution is 7.99. The van der Waals surface area contributed by atoms with Gasteiger partial charge in [-0.15, -0.1) is 10.2 Å². The topological polar surface area (TPSA) is 68.0 Å². The standard InChI is InChI=1S/C18H15F2N3O2S/c1-10-6-7-12(8-11(10)2)17-22-23-18(25-17)26-9-15(24)21-16-13(19)4-3-5-14(16)20/h3-8H,9H2,1-2H3,(H,21,24). The van der Waals surface area contributed by atoms with Crippen molar-refractivity contribution < 1.29 is 18.0 Å². The molecule has 1 amide bonds. The number of nitrogens with zero attached hydrogens (tertiary/aromatic N) is 2. The largest absolute Gasteiger partial charge is 0.411 e. The molecule has 1 aromatic heterocycles. The van der Waals surface area contributed by atoms with Crippen molar-refractivity contribution in [1.29, 1.82) is 0 Å². The molecule has 0 saturated carbocycles. The molecule has 0 aliphatic heterocycles. The van der Waals surface area contributed by atoms with Gasteiger partial charge in [-0.2, -0.15) is 0 Å². The van der Waals surface area contributed by atoms with Gasteiger partial charge in [0, 0.05) is 5.56 Å². The third-order valence-electron chi connectivity index (χ3n) is 3.71. The van der Waals surface area contributed by atoms with Gasteiger partial charge >= 0.3 is 0 Å². The number of thioether (sulfide) groups is 1. The van der Waals surface area contributed by atoms with Crippen LogP contribution in [0.5, 0.6) is 0 Å². The van der Waals surface area contributed by atoms with E-state index >= 15 is 0 Å². The average Bonchev–Trinajstić information content (AvgIpc) is 3.08. The summed E-state index contributed by atoms with van der Waals surface area (Å²) in [6.45, 7) is 3.99. The van der Waals surface area contributed by atoms with E-state index in [1.54, 1.807) is 0 Å². The lowest BCUT2D eigenvalue weighted by Crippen LogP contribution is -2.16. The smallest absolute Gasteiger partial charge is 0.277 e. The predicted octanol–water partition coefficient (Wildman–Crippen LogP) is 4.36. The molecule has 134 valence electrons. The van der Waals surface area contributed by atoms with E-state index in [-0.39, 0.29) is 11.0 Å². The molecule has 0 radical (unpaired) electrons. The van der Waals surface area contributed by atoms with Crippen molar-refractivity contribution in [3.63, 3.8) is 0 Å². The van der Waals surface area contributed by atoms with Crippen LogP contribution < -0.4 is 5.32 Å². The van der Waals surface area contributed by atoms with Crippen LogP contribution in [-0.2, 0) is 4.79 Å². The molecule has 0 saturated heterocycles. The lowest BCUT2D eigenvalue weighted by Gasteiger charge is -2.06. The van der Waals surface area contributed by atoms with Crippen LogP contribution in [0, 0.1) is 25.5 Å². The van der Waals surface area contributed by atoms with Gasteiger partial charge in [0.25, 0.3) is 5.22 Å². The van der Waals surface area contributed by atoms with Crippen molar-refractivity contribution in [2.45, 2.75) is 19.1 Å². The molecule has 1 N–H and O–H groups in total. The molecular formula is C18H15F2N3O2S. The Morgan fingerprint density at radius 2 is 1.85 bits per heavy atom. The fourth-order valence-corrected chi connectivity index (χ4v) is 2.74. The van der Waals surface area contributed by atoms with Crippen LogP contribution >= 0.6 is 11.8 Å². The number of carbonyl (C=O) groups is 1. The first kappa shape index (κ1) is 18.1. The van der Waals surface area contributed by atoms with E-state index in [4.69, 9.17) is 4.42 Å². The molecule has 26 heavy (non-hydrogen) atoms. The lowest BCUT2D eigenvalue weighted by atomic mass is 10.1. The molecule has 8 heteroatoms. The van der Waals surface area contributed by atoms with E-state index < -0.39 is 23.2 Å². The summed E-state index contributed by atoms with van der Waals surface area (Å²) < 4.78 is 32.6. The van der Waals surface area contributed by atoms with Crippen molar-refractivity contribution in [3.05, 3.63) is 59.2 Å². The zero-order valence-corrected chi connectivity index (χ0v) is 14.9. The van der Waals surface area contributed by atoms with Crippen LogP contribution in [0.2, 0.25) is 0 Å². The summed E-state index contributed by atoms with van der Waals surface area (Å²) >= 11 is 0.985. The zero-order chi connectivity index (χ0) is 18.7. The van der Waals surface area contributed by atoms with Gasteiger partial charge in [-0.1, -0.05) is 23.9 Å². The number of hydrogen-bond donors (Lipinski definition) is 1. The minimum atomic E-state index is -0.835. The summed E-state index contributed by atoms with van der Waals surface area (Å²) in [6.07, 6.45) is 0. The molecule has 0 aliphatic carbocycles. The van der Waals surface area contributed by atoms with Crippen LogP contribution in [0.15, 0.2) is 46.0 Å². The number of hydrogen-bond acceptors (Lipinski definition) is 5. The van der Waals surface area contributed by atoms with E-state index in [9.17, 15) is 13.6 Å². The van der Waals surface area contributed by atoms with Gasteiger partial charge in [0.1, 0.15) is 17.3 Å². The van der Waals surface area contributed by atoms with Gasteiger partial charge in [0.15, 0.2) is 0 Å². The Morgan fingerprint density at radius 1 is 1.12 bits per heavy atom. The van der Waals surface area contributed by atoms with Gasteiger partial charge in [-0.05, 0) is 49.2 Å². The summed E-state index contributed by atoms with van der Waals surface area (Å²) in [5.74, 6) is -2.03. The first-order valence-corrected chi connectivity index (χ1v) is 8.70. The van der Waals surface area contributed by atoms with Gasteiger partial charge in [-0.3, -0.25) is 4.79 Å². The number of amides is 1. The number of nitrogens with one attached hydrogen (secondary N) is 1. The molecule has 0 unspecified atom stereocenters. The highest BCUT2D eigenvalue weighted by Gasteiger charge is 2.15. The Kier molecular flexibility index (Phi) is 5.32. The number of para-hydroxylation sites is 1. The SMILES string of the molecule is Cc1ccc(-c2nnc(SCC(=O)Nc3c(F)cccc3F)o2)cc1C. The number of carbonyl (C=O) groups excluding carboxylic acids is 1. The fourth-order valence-electron chi connectivity index (χ4n) is 2.18. The monoisotopic (exact) mass is 375 g/mol. The first-order valence-electron chi connectivity index (χ1n) is 7.72. The zero-order valence-electron chi connectivity index (χ0n) is 14.0. The maximum atomic E-state index is 13.5. The van der Waals surface area contributed by atoms with Crippen LogP contribution in [-0.4, -0.2) is 21.9 Å². The Labute approximate surface area is 152 Å². The highest BCUT2D eigenvalue weighted by atomic mass is 32.2. The van der Waals surface area contributed by atoms with E-state index in [0.717, 1.165) is 40.6 Å². The summed E-state index contributed by atoms with van der Waals surface area (Å²) in [4.78, 5) is 11.9. The van der Waals surface area contributed by atoms with Gasteiger partial charge < -0.3 is 9.73 Å². The Bertz CT molecular complexity index is 939. The van der Waals surface area contributed by atoms with Crippen molar-refractivity contribution in [2.24, 2.45) is 0 Å². The highest BCUT2D eigenvalue weighted by Crippen LogP contribution is 2.25. The Balaban J connectivity index is 1.63. The van der Waals surface area contributed by atoms with Crippen molar-refractivity contribution >= 4 is 23.4 Å². The van der Waals surface area contributed by atoms with E-state index in [0.29, 0.717) is 5.89 Å². The number of benzene rings is 2. The van der Waals surface area contributed by atoms with Crippen LogP contribution in [0.3, 0.4) is 0 Å². The Hall–Kier alpha value is -2.74. The van der Waals surface area contributed by atoms with E-state index in [2.05, 4.69) is 15.5 Å². The van der Waals surface area contributed by atoms with E-state index in [1.807, 2.05) is 32.0 Å². The second-order valence-electron chi connectivity index (χ2n) is 5.61. The second-order valence-corrected chi connectivity index (χ2v) is 6.53. The minimum Gasteiger partial charge on any atom is -0.411 e. The summed E-state index contributed by atoms with van der Waals surface area (Å²) in [7, 11) is 0. The summed E-state index contributed by atoms with van der Waals surface area (Å²) in [5.41, 5.74) is 2.56. The molecule has 5 nitrogen and oxygen atoms in total. The third kappa shape index (κ3) is 4.08. The maximum Gasteiger partial charge on any atom is 0.277 e. The van der Waals surface area contributed by atoms with Gasteiger partial charge in [-0.25, -0.2) is 8.78 Å². The Morgan fingerprint density at radius 3 is 2.54 bits per heavy atom. The second kappa shape index (κ2) is 7.65. The van der Waals surface area contributed by atoms with Crippen molar-refractivity contribution in [1.82, 2.24) is 10.2 Å². The number of anilines is 1. The molecule has 2 aromatic carbocycles. The van der Waals surface area contributed by atoms with Crippen LogP contribution in [0.4, 0.5) is 14.5 Å². The molecule has 0 spiro atoms. The summed E-state index contributed by atoms with van der Waals surface area (Å²) in [5, 5.41) is 10.2. The van der Waals surface area contributed by atoms with Crippen LogP contribution in [0.25, 0.3) is 11.5 Å². The lowest BCUT2D eigenvalue weighted by molar-refractivity contribution is -0.113. The number of halogens is 2. The molecule has 3 aromatic rings. The summed E-state index contributed by atoms with van der Waals surface area (Å²) in [6, 6.07) is 9.13. The van der Waals surface area contributed by atoms with Crippen LogP contribution in [0.1, 0.15) is 11.1 Å². The van der Waals surface area contributed by atoms with Crippen molar-refractivity contribution in [2.75, 3.05) is 11.1 Å². The third-order valence-corrected chi connectivity index (χ3v) is 4.53. The number of aryl methyl sites for hydroxylation is 2. The first-order chi connectivity index (χ1) is 12.4.